The summed E-state index contributed by atoms with van der Waals surface area (Å²) in [5.41, 5.74) is 1.38. The van der Waals surface area contributed by atoms with E-state index in [9.17, 15) is 9.18 Å². The number of halogens is 1. The van der Waals surface area contributed by atoms with Crippen LogP contribution in [-0.2, 0) is 0 Å². The number of amides is 1. The van der Waals surface area contributed by atoms with Gasteiger partial charge in [0.1, 0.15) is 28.5 Å². The monoisotopic (exact) mass is 417 g/mol. The van der Waals surface area contributed by atoms with E-state index in [-0.39, 0.29) is 11.7 Å². The molecule has 1 amide bonds. The van der Waals surface area contributed by atoms with Crippen molar-refractivity contribution in [2.24, 2.45) is 0 Å². The topological polar surface area (TPSA) is 79.4 Å². The second kappa shape index (κ2) is 9.15. The van der Waals surface area contributed by atoms with E-state index in [0.717, 1.165) is 23.9 Å². The van der Waals surface area contributed by atoms with Crippen LogP contribution in [0.15, 0.2) is 24.5 Å². The van der Waals surface area contributed by atoms with Gasteiger partial charge in [0.15, 0.2) is 0 Å². The zero-order chi connectivity index (χ0) is 21.0. The maximum atomic E-state index is 13.5. The van der Waals surface area contributed by atoms with Crippen LogP contribution in [-0.4, -0.2) is 55.1 Å². The standard InChI is InChI=1S/C20H24FN5O2S/c1-12-16-18(25-14-7-6-13(21)10-15(14)28-4)23-11-24-20(16)29-17(12)19(27)22-8-5-9-26(2)3/h6-7,10-11H,5,8-9H2,1-4H3,(H,22,27)(H,23,24,25). The second-order valence-electron chi connectivity index (χ2n) is 6.84. The van der Waals surface area contributed by atoms with Crippen LogP contribution in [0.25, 0.3) is 10.2 Å². The number of hydrogen-bond donors (Lipinski definition) is 2. The zero-order valence-corrected chi connectivity index (χ0v) is 17.7. The average Bonchev–Trinajstić information content (AvgIpc) is 3.04. The minimum Gasteiger partial charge on any atom is -0.494 e. The number of fused-ring (bicyclic) bond motifs is 1. The Morgan fingerprint density at radius 3 is 2.83 bits per heavy atom. The molecule has 0 aliphatic heterocycles. The maximum Gasteiger partial charge on any atom is 0.261 e. The van der Waals surface area contributed by atoms with E-state index >= 15 is 0 Å². The lowest BCUT2D eigenvalue weighted by molar-refractivity contribution is 0.0956. The van der Waals surface area contributed by atoms with Crippen LogP contribution >= 0.6 is 11.3 Å². The van der Waals surface area contributed by atoms with Gasteiger partial charge in [-0.2, -0.15) is 0 Å². The van der Waals surface area contributed by atoms with Gasteiger partial charge in [-0.05, 0) is 51.7 Å². The number of methoxy groups -OCH3 is 1. The lowest BCUT2D eigenvalue weighted by atomic mass is 10.2. The summed E-state index contributed by atoms with van der Waals surface area (Å²) in [6, 6.07) is 4.23. The molecular weight excluding hydrogens is 393 g/mol. The average molecular weight is 418 g/mol. The molecule has 2 aromatic heterocycles. The summed E-state index contributed by atoms with van der Waals surface area (Å²) in [6.45, 7) is 3.39. The number of hydrogen-bond acceptors (Lipinski definition) is 7. The number of thiophene rings is 1. The minimum absolute atomic E-state index is 0.116. The van der Waals surface area contributed by atoms with Gasteiger partial charge < -0.3 is 20.3 Å². The molecule has 0 aliphatic rings. The first kappa shape index (κ1) is 20.9. The molecule has 0 aliphatic carbocycles. The highest BCUT2D eigenvalue weighted by atomic mass is 32.1. The molecule has 3 aromatic rings. The first-order valence-corrected chi connectivity index (χ1v) is 10.00. The lowest BCUT2D eigenvalue weighted by Gasteiger charge is -2.11. The fourth-order valence-electron chi connectivity index (χ4n) is 2.96. The van der Waals surface area contributed by atoms with Crippen LogP contribution in [0.4, 0.5) is 15.9 Å². The number of rotatable bonds is 8. The number of benzene rings is 1. The molecule has 3 rings (SSSR count). The number of ether oxygens (including phenoxy) is 1. The number of carbonyl (C=O) groups is 1. The van der Waals surface area contributed by atoms with Gasteiger partial charge >= 0.3 is 0 Å². The van der Waals surface area contributed by atoms with Crippen molar-refractivity contribution in [3.8, 4) is 5.75 Å². The summed E-state index contributed by atoms with van der Waals surface area (Å²) in [5, 5.41) is 6.91. The van der Waals surface area contributed by atoms with Gasteiger partial charge in [-0.1, -0.05) is 0 Å². The number of anilines is 2. The third kappa shape index (κ3) is 4.80. The van der Waals surface area contributed by atoms with Crippen LogP contribution in [0.1, 0.15) is 21.7 Å². The molecule has 2 N–H and O–H groups in total. The summed E-state index contributed by atoms with van der Waals surface area (Å²) in [6.07, 6.45) is 2.31. The normalized spacial score (nSPS) is 11.1. The maximum absolute atomic E-state index is 13.5. The zero-order valence-electron chi connectivity index (χ0n) is 16.9. The molecule has 0 bridgehead atoms. The molecule has 9 heteroatoms. The Bertz CT molecular complexity index is 1020. The van der Waals surface area contributed by atoms with E-state index in [2.05, 4.69) is 25.5 Å². The predicted molar refractivity (Wildman–Crippen MR) is 114 cm³/mol. The molecule has 0 spiro atoms. The van der Waals surface area contributed by atoms with Gasteiger partial charge in [0.05, 0.1) is 23.1 Å². The summed E-state index contributed by atoms with van der Waals surface area (Å²) in [7, 11) is 5.48. The van der Waals surface area contributed by atoms with Gasteiger partial charge in [-0.25, -0.2) is 14.4 Å². The van der Waals surface area contributed by atoms with Crippen molar-refractivity contribution in [2.45, 2.75) is 13.3 Å². The molecular formula is C20H24FN5O2S. The Labute approximate surface area is 172 Å². The van der Waals surface area contributed by atoms with Crippen molar-refractivity contribution in [1.82, 2.24) is 20.2 Å². The van der Waals surface area contributed by atoms with Gasteiger partial charge in [0.25, 0.3) is 5.91 Å². The molecule has 0 fully saturated rings. The van der Waals surface area contributed by atoms with Crippen LogP contribution in [0.5, 0.6) is 5.75 Å². The molecule has 0 radical (unpaired) electrons. The molecule has 2 heterocycles. The third-order valence-corrected chi connectivity index (χ3v) is 5.62. The molecule has 0 unspecified atom stereocenters. The molecule has 29 heavy (non-hydrogen) atoms. The van der Waals surface area contributed by atoms with Crippen molar-refractivity contribution in [1.29, 1.82) is 0 Å². The second-order valence-corrected chi connectivity index (χ2v) is 7.84. The van der Waals surface area contributed by atoms with Gasteiger partial charge in [-0.15, -0.1) is 11.3 Å². The van der Waals surface area contributed by atoms with Crippen molar-refractivity contribution in [2.75, 3.05) is 39.6 Å². The van der Waals surface area contributed by atoms with Crippen molar-refractivity contribution in [3.63, 3.8) is 0 Å². The first-order chi connectivity index (χ1) is 13.9. The Morgan fingerprint density at radius 2 is 2.10 bits per heavy atom. The molecule has 154 valence electrons. The van der Waals surface area contributed by atoms with E-state index in [1.165, 1.54) is 36.9 Å². The number of aryl methyl sites for hydroxylation is 1. The SMILES string of the molecule is COc1cc(F)ccc1Nc1ncnc2sc(C(=O)NCCCN(C)C)c(C)c12. The van der Waals surface area contributed by atoms with Crippen LogP contribution in [0, 0.1) is 12.7 Å². The smallest absolute Gasteiger partial charge is 0.261 e. The van der Waals surface area contributed by atoms with Crippen LogP contribution in [0.3, 0.4) is 0 Å². The van der Waals surface area contributed by atoms with Gasteiger partial charge in [0, 0.05) is 12.6 Å². The Kier molecular flexibility index (Phi) is 6.60. The van der Waals surface area contributed by atoms with E-state index in [0.29, 0.717) is 33.5 Å². The third-order valence-electron chi connectivity index (χ3n) is 4.42. The van der Waals surface area contributed by atoms with E-state index < -0.39 is 0 Å². The van der Waals surface area contributed by atoms with Gasteiger partial charge in [0.2, 0.25) is 0 Å². The molecule has 0 saturated heterocycles. The quantitative estimate of drug-likeness (QED) is 0.546. The fraction of sp³-hybridized carbons (Fsp3) is 0.350. The first-order valence-electron chi connectivity index (χ1n) is 9.18. The number of nitrogens with one attached hydrogen (secondary N) is 2. The van der Waals surface area contributed by atoms with Crippen molar-refractivity contribution >= 4 is 39.0 Å². The summed E-state index contributed by atoms with van der Waals surface area (Å²) >= 11 is 1.33. The highest BCUT2D eigenvalue weighted by Gasteiger charge is 2.20. The predicted octanol–water partition coefficient (Wildman–Crippen LogP) is 3.57. The Hall–Kier alpha value is -2.78. The summed E-state index contributed by atoms with van der Waals surface area (Å²) < 4.78 is 18.7. The molecule has 7 nitrogen and oxygen atoms in total. The van der Waals surface area contributed by atoms with Gasteiger partial charge in [-0.3, -0.25) is 4.79 Å². The molecule has 1 aromatic carbocycles. The van der Waals surface area contributed by atoms with Crippen molar-refractivity contribution < 1.29 is 13.9 Å². The van der Waals surface area contributed by atoms with E-state index in [1.54, 1.807) is 6.07 Å². The minimum atomic E-state index is -0.389. The van der Waals surface area contributed by atoms with Crippen LogP contribution in [0.2, 0.25) is 0 Å². The van der Waals surface area contributed by atoms with Crippen LogP contribution < -0.4 is 15.4 Å². The summed E-state index contributed by atoms with van der Waals surface area (Å²) in [5.74, 6) is 0.401. The highest BCUT2D eigenvalue weighted by molar-refractivity contribution is 7.20. The molecule has 0 atom stereocenters. The lowest BCUT2D eigenvalue weighted by Crippen LogP contribution is -2.26. The highest BCUT2D eigenvalue weighted by Crippen LogP contribution is 2.36. The summed E-state index contributed by atoms with van der Waals surface area (Å²) in [4.78, 5) is 24.7. The number of carbonyl (C=O) groups excluding carboxylic acids is 1. The van der Waals surface area contributed by atoms with E-state index in [4.69, 9.17) is 4.74 Å². The Morgan fingerprint density at radius 1 is 1.31 bits per heavy atom. The Balaban J connectivity index is 1.87. The fourth-order valence-corrected chi connectivity index (χ4v) is 4.02. The molecule has 0 saturated carbocycles. The number of aromatic nitrogens is 2. The number of nitrogens with zero attached hydrogens (tertiary/aromatic N) is 3. The largest absolute Gasteiger partial charge is 0.494 e. The van der Waals surface area contributed by atoms with E-state index in [1.807, 2.05) is 21.0 Å². The van der Waals surface area contributed by atoms with Crippen molar-refractivity contribution in [3.05, 3.63) is 40.8 Å².